The highest BCUT2D eigenvalue weighted by molar-refractivity contribution is 5.84. The highest BCUT2D eigenvalue weighted by atomic mass is 19.1. The van der Waals surface area contributed by atoms with Crippen LogP contribution in [0, 0.1) is 5.82 Å². The lowest BCUT2D eigenvalue weighted by molar-refractivity contribution is -0.119. The van der Waals surface area contributed by atoms with Crippen molar-refractivity contribution >= 4 is 5.78 Å². The molecule has 90 valence electrons. The van der Waals surface area contributed by atoms with E-state index in [0.717, 1.165) is 16.7 Å². The van der Waals surface area contributed by atoms with Crippen molar-refractivity contribution in [2.75, 3.05) is 0 Å². The van der Waals surface area contributed by atoms with Crippen LogP contribution < -0.4 is 0 Å². The topological polar surface area (TPSA) is 17.1 Å². The van der Waals surface area contributed by atoms with Crippen LogP contribution in [-0.2, 0) is 11.2 Å². The van der Waals surface area contributed by atoms with Gasteiger partial charge in [0.1, 0.15) is 11.6 Å². The highest BCUT2D eigenvalue weighted by Gasteiger charge is 2.26. The van der Waals surface area contributed by atoms with Crippen molar-refractivity contribution < 1.29 is 9.18 Å². The van der Waals surface area contributed by atoms with Crippen LogP contribution in [0.4, 0.5) is 4.39 Å². The summed E-state index contributed by atoms with van der Waals surface area (Å²) in [5.41, 5.74) is 3.11. The maximum atomic E-state index is 13.3. The first-order valence-corrected chi connectivity index (χ1v) is 6.09. The standard InChI is InChI=1S/C16H13FO/c17-13-6-3-5-11(8-13)16-10-14(18)9-12-4-1-2-7-15(12)16/h1-8,16H,9-10H2. The molecule has 0 radical (unpaired) electrons. The van der Waals surface area contributed by atoms with E-state index < -0.39 is 0 Å². The fourth-order valence-corrected chi connectivity index (χ4v) is 2.68. The Morgan fingerprint density at radius 2 is 1.89 bits per heavy atom. The Morgan fingerprint density at radius 3 is 2.72 bits per heavy atom. The molecule has 0 spiro atoms. The Hall–Kier alpha value is -1.96. The van der Waals surface area contributed by atoms with Gasteiger partial charge < -0.3 is 0 Å². The van der Waals surface area contributed by atoms with Crippen LogP contribution in [0.15, 0.2) is 48.5 Å². The van der Waals surface area contributed by atoms with Crippen molar-refractivity contribution in [2.24, 2.45) is 0 Å². The van der Waals surface area contributed by atoms with Gasteiger partial charge in [-0.05, 0) is 28.8 Å². The lowest BCUT2D eigenvalue weighted by Crippen LogP contribution is -2.19. The number of halogens is 1. The van der Waals surface area contributed by atoms with Gasteiger partial charge in [-0.2, -0.15) is 0 Å². The number of Topliss-reactive ketones (excluding diaryl/α,β-unsaturated/α-hetero) is 1. The van der Waals surface area contributed by atoms with Gasteiger partial charge in [0.15, 0.2) is 0 Å². The molecule has 18 heavy (non-hydrogen) atoms. The zero-order chi connectivity index (χ0) is 12.5. The predicted molar refractivity (Wildman–Crippen MR) is 68.0 cm³/mol. The molecule has 1 aliphatic carbocycles. The predicted octanol–water partition coefficient (Wildman–Crippen LogP) is 3.47. The van der Waals surface area contributed by atoms with Gasteiger partial charge in [0, 0.05) is 18.8 Å². The maximum Gasteiger partial charge on any atom is 0.138 e. The number of carbonyl (C=O) groups is 1. The van der Waals surface area contributed by atoms with Crippen molar-refractivity contribution in [3.8, 4) is 0 Å². The van der Waals surface area contributed by atoms with E-state index in [2.05, 4.69) is 0 Å². The van der Waals surface area contributed by atoms with Crippen molar-refractivity contribution in [2.45, 2.75) is 18.8 Å². The van der Waals surface area contributed by atoms with Crippen LogP contribution in [0.3, 0.4) is 0 Å². The lowest BCUT2D eigenvalue weighted by atomic mass is 9.78. The Labute approximate surface area is 105 Å². The minimum Gasteiger partial charge on any atom is -0.299 e. The molecule has 0 heterocycles. The number of hydrogen-bond acceptors (Lipinski definition) is 1. The van der Waals surface area contributed by atoms with E-state index >= 15 is 0 Å². The van der Waals surface area contributed by atoms with Crippen molar-refractivity contribution in [1.82, 2.24) is 0 Å². The number of benzene rings is 2. The quantitative estimate of drug-likeness (QED) is 0.746. The average Bonchev–Trinajstić information content (AvgIpc) is 2.37. The molecule has 2 aromatic carbocycles. The summed E-state index contributed by atoms with van der Waals surface area (Å²) >= 11 is 0. The van der Waals surface area contributed by atoms with Crippen LogP contribution >= 0.6 is 0 Å². The average molecular weight is 240 g/mol. The molecule has 0 bridgehead atoms. The largest absolute Gasteiger partial charge is 0.299 e. The minimum atomic E-state index is -0.247. The molecule has 1 aliphatic rings. The number of fused-ring (bicyclic) bond motifs is 1. The third-order valence-electron chi connectivity index (χ3n) is 3.50. The summed E-state index contributed by atoms with van der Waals surface area (Å²) in [4.78, 5) is 11.8. The SMILES string of the molecule is O=C1Cc2ccccc2C(c2cccc(F)c2)C1. The third-order valence-corrected chi connectivity index (χ3v) is 3.50. The number of rotatable bonds is 1. The Kier molecular flexibility index (Phi) is 2.71. The smallest absolute Gasteiger partial charge is 0.138 e. The van der Waals surface area contributed by atoms with Crippen LogP contribution in [0.2, 0.25) is 0 Å². The van der Waals surface area contributed by atoms with Crippen molar-refractivity contribution in [3.05, 3.63) is 71.0 Å². The van der Waals surface area contributed by atoms with Gasteiger partial charge >= 0.3 is 0 Å². The first-order valence-electron chi connectivity index (χ1n) is 6.09. The maximum absolute atomic E-state index is 13.3. The summed E-state index contributed by atoms with van der Waals surface area (Å²) in [6, 6.07) is 14.5. The molecule has 0 aliphatic heterocycles. The highest BCUT2D eigenvalue weighted by Crippen LogP contribution is 2.35. The first kappa shape index (κ1) is 11.1. The molecule has 0 amide bonds. The molecule has 0 saturated carbocycles. The summed E-state index contributed by atoms with van der Waals surface area (Å²) in [6.45, 7) is 0. The minimum absolute atomic E-state index is 0.00171. The van der Waals surface area contributed by atoms with Crippen molar-refractivity contribution in [1.29, 1.82) is 0 Å². The molecule has 3 rings (SSSR count). The summed E-state index contributed by atoms with van der Waals surface area (Å²) in [7, 11) is 0. The molecule has 0 N–H and O–H groups in total. The monoisotopic (exact) mass is 240 g/mol. The molecule has 1 nitrogen and oxygen atoms in total. The Bertz CT molecular complexity index is 604. The van der Waals surface area contributed by atoms with Crippen LogP contribution in [0.5, 0.6) is 0 Å². The van der Waals surface area contributed by atoms with Gasteiger partial charge in [0.2, 0.25) is 0 Å². The van der Waals surface area contributed by atoms with E-state index in [1.807, 2.05) is 30.3 Å². The fourth-order valence-electron chi connectivity index (χ4n) is 2.68. The normalized spacial score (nSPS) is 18.5. The van der Waals surface area contributed by atoms with E-state index in [9.17, 15) is 9.18 Å². The molecular weight excluding hydrogens is 227 g/mol. The van der Waals surface area contributed by atoms with Gasteiger partial charge in [-0.3, -0.25) is 4.79 Å². The Morgan fingerprint density at radius 1 is 1.06 bits per heavy atom. The van der Waals surface area contributed by atoms with Gasteiger partial charge in [-0.15, -0.1) is 0 Å². The molecule has 2 heteroatoms. The van der Waals surface area contributed by atoms with Crippen LogP contribution in [0.1, 0.15) is 29.0 Å². The second-order valence-corrected chi connectivity index (χ2v) is 4.73. The summed E-state index contributed by atoms with van der Waals surface area (Å²) < 4.78 is 13.3. The summed E-state index contributed by atoms with van der Waals surface area (Å²) in [6.07, 6.45) is 0.975. The molecule has 0 saturated heterocycles. The molecule has 1 unspecified atom stereocenters. The molecule has 1 atom stereocenters. The second kappa shape index (κ2) is 4.37. The number of hydrogen-bond donors (Lipinski definition) is 0. The van der Waals surface area contributed by atoms with Gasteiger partial charge in [-0.25, -0.2) is 4.39 Å². The molecule has 0 fully saturated rings. The Balaban J connectivity index is 2.10. The zero-order valence-electron chi connectivity index (χ0n) is 9.90. The second-order valence-electron chi connectivity index (χ2n) is 4.73. The van der Waals surface area contributed by atoms with E-state index in [4.69, 9.17) is 0 Å². The molecule has 0 aromatic heterocycles. The number of carbonyl (C=O) groups excluding carboxylic acids is 1. The van der Waals surface area contributed by atoms with E-state index in [0.29, 0.717) is 12.8 Å². The van der Waals surface area contributed by atoms with Crippen LogP contribution in [-0.4, -0.2) is 5.78 Å². The first-order chi connectivity index (χ1) is 8.74. The van der Waals surface area contributed by atoms with Crippen LogP contribution in [0.25, 0.3) is 0 Å². The van der Waals surface area contributed by atoms with Gasteiger partial charge in [0.05, 0.1) is 0 Å². The van der Waals surface area contributed by atoms with Gasteiger partial charge in [0.25, 0.3) is 0 Å². The lowest BCUT2D eigenvalue weighted by Gasteiger charge is -2.25. The van der Waals surface area contributed by atoms with E-state index in [1.165, 1.54) is 12.1 Å². The number of ketones is 1. The summed E-state index contributed by atoms with van der Waals surface area (Å²) in [5.74, 6) is -0.0240. The zero-order valence-corrected chi connectivity index (χ0v) is 9.90. The fraction of sp³-hybridized carbons (Fsp3) is 0.188. The van der Waals surface area contributed by atoms with Crippen molar-refractivity contribution in [3.63, 3.8) is 0 Å². The third kappa shape index (κ3) is 1.94. The van der Waals surface area contributed by atoms with Gasteiger partial charge in [-0.1, -0.05) is 36.4 Å². The molecule has 2 aromatic rings. The van der Waals surface area contributed by atoms with E-state index in [1.54, 1.807) is 6.07 Å². The summed E-state index contributed by atoms with van der Waals surface area (Å²) in [5, 5.41) is 0. The molecular formula is C16H13FO. The van der Waals surface area contributed by atoms with E-state index in [-0.39, 0.29) is 17.5 Å².